The Morgan fingerprint density at radius 3 is 2.48 bits per heavy atom. The van der Waals surface area contributed by atoms with Gasteiger partial charge in [0, 0.05) is 5.56 Å². The van der Waals surface area contributed by atoms with Crippen molar-refractivity contribution in [3.05, 3.63) is 66.0 Å². The van der Waals surface area contributed by atoms with Crippen molar-refractivity contribution in [1.29, 1.82) is 0 Å². The zero-order chi connectivity index (χ0) is 14.7. The van der Waals surface area contributed by atoms with Crippen molar-refractivity contribution in [3.8, 4) is 11.5 Å². The van der Waals surface area contributed by atoms with Gasteiger partial charge in [0.2, 0.25) is 5.89 Å². The number of nitrogens with zero attached hydrogens (tertiary/aromatic N) is 2. The van der Waals surface area contributed by atoms with Crippen LogP contribution in [0.1, 0.15) is 10.4 Å². The highest BCUT2D eigenvalue weighted by atomic mass is 19.1. The number of amides is 1. The summed E-state index contributed by atoms with van der Waals surface area (Å²) in [7, 11) is 0. The van der Waals surface area contributed by atoms with E-state index in [0.717, 1.165) is 5.56 Å². The number of benzene rings is 2. The smallest absolute Gasteiger partial charge is 0.322 e. The standard InChI is InChI=1S/C15H10FN3O2/c16-12-9-5-4-8-11(12)13(20)17-15-19-18-14(21-15)10-6-2-1-3-7-10/h1-9H,(H,17,19,20). The lowest BCUT2D eigenvalue weighted by molar-refractivity contribution is 0.102. The van der Waals surface area contributed by atoms with Crippen LogP contribution in [0.3, 0.4) is 0 Å². The number of halogens is 1. The second-order valence-electron chi connectivity index (χ2n) is 4.21. The molecule has 0 saturated carbocycles. The van der Waals surface area contributed by atoms with Crippen LogP contribution in [0.2, 0.25) is 0 Å². The highest BCUT2D eigenvalue weighted by molar-refractivity contribution is 6.03. The largest absolute Gasteiger partial charge is 0.403 e. The van der Waals surface area contributed by atoms with Crippen LogP contribution in [0.5, 0.6) is 0 Å². The molecule has 0 radical (unpaired) electrons. The van der Waals surface area contributed by atoms with Crippen LogP contribution in [0, 0.1) is 5.82 Å². The molecule has 6 heteroatoms. The molecule has 3 rings (SSSR count). The average Bonchev–Trinajstić information content (AvgIpc) is 2.97. The molecule has 0 unspecified atom stereocenters. The van der Waals surface area contributed by atoms with Crippen LogP contribution in [0.15, 0.2) is 59.0 Å². The van der Waals surface area contributed by atoms with E-state index < -0.39 is 11.7 Å². The highest BCUT2D eigenvalue weighted by Gasteiger charge is 2.15. The molecule has 2 aromatic carbocycles. The van der Waals surface area contributed by atoms with Crippen LogP contribution in [-0.4, -0.2) is 16.1 Å². The van der Waals surface area contributed by atoms with Gasteiger partial charge in [-0.1, -0.05) is 35.4 Å². The highest BCUT2D eigenvalue weighted by Crippen LogP contribution is 2.19. The van der Waals surface area contributed by atoms with Gasteiger partial charge < -0.3 is 4.42 Å². The molecule has 21 heavy (non-hydrogen) atoms. The number of hydrogen-bond acceptors (Lipinski definition) is 4. The topological polar surface area (TPSA) is 68.0 Å². The van der Waals surface area contributed by atoms with Gasteiger partial charge in [0.15, 0.2) is 0 Å². The third kappa shape index (κ3) is 2.79. The van der Waals surface area contributed by atoms with E-state index in [-0.39, 0.29) is 17.5 Å². The van der Waals surface area contributed by atoms with E-state index in [0.29, 0.717) is 0 Å². The first-order valence-corrected chi connectivity index (χ1v) is 6.19. The predicted molar refractivity (Wildman–Crippen MR) is 74.1 cm³/mol. The van der Waals surface area contributed by atoms with E-state index in [1.165, 1.54) is 18.2 Å². The fraction of sp³-hybridized carbons (Fsp3) is 0. The van der Waals surface area contributed by atoms with Gasteiger partial charge in [-0.2, -0.15) is 0 Å². The first-order chi connectivity index (χ1) is 10.2. The van der Waals surface area contributed by atoms with Gasteiger partial charge in [-0.3, -0.25) is 10.1 Å². The first-order valence-electron chi connectivity index (χ1n) is 6.19. The third-order valence-corrected chi connectivity index (χ3v) is 2.78. The van der Waals surface area contributed by atoms with Gasteiger partial charge in [0.05, 0.1) is 5.56 Å². The lowest BCUT2D eigenvalue weighted by Crippen LogP contribution is -2.13. The molecule has 0 bridgehead atoms. The van der Waals surface area contributed by atoms with Crippen molar-refractivity contribution < 1.29 is 13.6 Å². The Bertz CT molecular complexity index is 771. The summed E-state index contributed by atoms with van der Waals surface area (Å²) in [6, 6.07) is 14.7. The monoisotopic (exact) mass is 283 g/mol. The maximum Gasteiger partial charge on any atom is 0.322 e. The van der Waals surface area contributed by atoms with E-state index in [1.54, 1.807) is 18.2 Å². The van der Waals surface area contributed by atoms with Gasteiger partial charge >= 0.3 is 6.01 Å². The molecule has 0 atom stereocenters. The molecular formula is C15H10FN3O2. The minimum atomic E-state index is -0.642. The summed E-state index contributed by atoms with van der Waals surface area (Å²) in [5.74, 6) is -0.978. The quantitative estimate of drug-likeness (QED) is 0.801. The molecule has 0 aliphatic carbocycles. The molecule has 0 saturated heterocycles. The van der Waals surface area contributed by atoms with E-state index in [1.807, 2.05) is 18.2 Å². The van der Waals surface area contributed by atoms with Gasteiger partial charge in [0.1, 0.15) is 5.82 Å². The lowest BCUT2D eigenvalue weighted by Gasteiger charge is -2.01. The van der Waals surface area contributed by atoms with Crippen molar-refractivity contribution in [2.45, 2.75) is 0 Å². The molecule has 3 aromatic rings. The second kappa shape index (κ2) is 5.54. The summed E-state index contributed by atoms with van der Waals surface area (Å²) in [5, 5.41) is 9.92. The van der Waals surface area contributed by atoms with Crippen LogP contribution < -0.4 is 5.32 Å². The molecule has 0 aliphatic rings. The fourth-order valence-electron chi connectivity index (χ4n) is 1.78. The molecule has 1 N–H and O–H groups in total. The number of hydrogen-bond donors (Lipinski definition) is 1. The van der Waals surface area contributed by atoms with E-state index in [4.69, 9.17) is 4.42 Å². The summed E-state index contributed by atoms with van der Waals surface area (Å²) < 4.78 is 18.8. The Morgan fingerprint density at radius 1 is 1.00 bits per heavy atom. The van der Waals surface area contributed by atoms with E-state index in [2.05, 4.69) is 15.5 Å². The van der Waals surface area contributed by atoms with E-state index >= 15 is 0 Å². The van der Waals surface area contributed by atoms with Crippen molar-refractivity contribution >= 4 is 11.9 Å². The average molecular weight is 283 g/mol. The third-order valence-electron chi connectivity index (χ3n) is 2.78. The summed E-state index contributed by atoms with van der Waals surface area (Å²) >= 11 is 0. The van der Waals surface area contributed by atoms with E-state index in [9.17, 15) is 9.18 Å². The van der Waals surface area contributed by atoms with Crippen molar-refractivity contribution in [1.82, 2.24) is 10.2 Å². The number of aromatic nitrogens is 2. The summed E-state index contributed by atoms with van der Waals surface area (Å²) in [4.78, 5) is 11.9. The Balaban J connectivity index is 1.79. The van der Waals surface area contributed by atoms with Crippen molar-refractivity contribution in [2.24, 2.45) is 0 Å². The summed E-state index contributed by atoms with van der Waals surface area (Å²) in [6.45, 7) is 0. The molecule has 104 valence electrons. The van der Waals surface area contributed by atoms with Crippen LogP contribution in [-0.2, 0) is 0 Å². The zero-order valence-electron chi connectivity index (χ0n) is 10.8. The fourth-order valence-corrected chi connectivity index (χ4v) is 1.78. The minimum Gasteiger partial charge on any atom is -0.403 e. The maximum atomic E-state index is 13.5. The maximum absolute atomic E-state index is 13.5. The summed E-state index contributed by atoms with van der Waals surface area (Å²) in [5.41, 5.74) is 0.647. The summed E-state index contributed by atoms with van der Waals surface area (Å²) in [6.07, 6.45) is 0. The second-order valence-corrected chi connectivity index (χ2v) is 4.21. The van der Waals surface area contributed by atoms with Gasteiger partial charge in [-0.15, -0.1) is 5.10 Å². The SMILES string of the molecule is O=C(Nc1nnc(-c2ccccc2)o1)c1ccccc1F. The number of anilines is 1. The molecule has 0 fully saturated rings. The van der Waals surface area contributed by atoms with Gasteiger partial charge in [-0.05, 0) is 24.3 Å². The molecule has 1 aromatic heterocycles. The minimum absolute atomic E-state index is 0.0814. The van der Waals surface area contributed by atoms with Gasteiger partial charge in [-0.25, -0.2) is 4.39 Å². The Hall–Kier alpha value is -3.02. The van der Waals surface area contributed by atoms with Crippen LogP contribution >= 0.6 is 0 Å². The predicted octanol–water partition coefficient (Wildman–Crippen LogP) is 3.13. The number of carbonyl (C=O) groups is 1. The van der Waals surface area contributed by atoms with Crippen molar-refractivity contribution in [2.75, 3.05) is 5.32 Å². The molecule has 0 aliphatic heterocycles. The Labute approximate surface area is 119 Å². The number of carbonyl (C=O) groups excluding carboxylic acids is 1. The molecule has 1 amide bonds. The number of rotatable bonds is 3. The molecule has 0 spiro atoms. The Morgan fingerprint density at radius 2 is 1.71 bits per heavy atom. The normalized spacial score (nSPS) is 10.3. The molecular weight excluding hydrogens is 273 g/mol. The van der Waals surface area contributed by atoms with Crippen molar-refractivity contribution in [3.63, 3.8) is 0 Å². The van der Waals surface area contributed by atoms with Crippen LogP contribution in [0.4, 0.5) is 10.4 Å². The number of nitrogens with one attached hydrogen (secondary N) is 1. The molecule has 5 nitrogen and oxygen atoms in total. The first kappa shape index (κ1) is 13.0. The lowest BCUT2D eigenvalue weighted by atomic mass is 10.2. The molecule has 1 heterocycles. The van der Waals surface area contributed by atoms with Crippen LogP contribution in [0.25, 0.3) is 11.5 Å². The Kier molecular flexibility index (Phi) is 3.42. The zero-order valence-corrected chi connectivity index (χ0v) is 10.8. The van der Waals surface area contributed by atoms with Gasteiger partial charge in [0.25, 0.3) is 5.91 Å².